The normalized spacial score (nSPS) is 36.0. The lowest BCUT2D eigenvalue weighted by atomic mass is 9.68. The SMILES string of the molecule is COC1CN(CC2CC(C(C)(C)C)CCC2=O)CCC1C. The molecule has 3 nitrogen and oxygen atoms in total. The fourth-order valence-corrected chi connectivity index (χ4v) is 3.96. The number of likely N-dealkylation sites (tertiary alicyclic amines) is 1. The van der Waals surface area contributed by atoms with Gasteiger partial charge in [-0.3, -0.25) is 4.79 Å². The van der Waals surface area contributed by atoms with Crippen molar-refractivity contribution in [2.45, 2.75) is 59.5 Å². The van der Waals surface area contributed by atoms with Crippen molar-refractivity contribution in [3.63, 3.8) is 0 Å². The number of ether oxygens (including phenoxy) is 1. The second kappa shape index (κ2) is 6.78. The van der Waals surface area contributed by atoms with Crippen LogP contribution in [0.15, 0.2) is 0 Å². The van der Waals surface area contributed by atoms with Gasteiger partial charge in [-0.25, -0.2) is 0 Å². The van der Waals surface area contributed by atoms with Crippen LogP contribution in [0, 0.1) is 23.2 Å². The van der Waals surface area contributed by atoms with Gasteiger partial charge >= 0.3 is 0 Å². The molecule has 1 saturated carbocycles. The van der Waals surface area contributed by atoms with Crippen molar-refractivity contribution in [2.24, 2.45) is 23.2 Å². The van der Waals surface area contributed by atoms with Gasteiger partial charge in [0.1, 0.15) is 5.78 Å². The summed E-state index contributed by atoms with van der Waals surface area (Å²) >= 11 is 0. The first-order valence-electron chi connectivity index (χ1n) is 8.59. The number of rotatable bonds is 3. The number of carbonyl (C=O) groups is 1. The molecule has 0 radical (unpaired) electrons. The summed E-state index contributed by atoms with van der Waals surface area (Å²) in [5.74, 6) is 2.05. The van der Waals surface area contributed by atoms with Crippen molar-refractivity contribution < 1.29 is 9.53 Å². The first kappa shape index (κ1) is 17.0. The molecule has 2 rings (SSSR count). The van der Waals surface area contributed by atoms with E-state index in [0.717, 1.165) is 38.9 Å². The first-order chi connectivity index (χ1) is 9.81. The van der Waals surface area contributed by atoms with E-state index in [4.69, 9.17) is 4.74 Å². The smallest absolute Gasteiger partial charge is 0.137 e. The summed E-state index contributed by atoms with van der Waals surface area (Å²) in [5.41, 5.74) is 0.324. The van der Waals surface area contributed by atoms with Gasteiger partial charge in [-0.2, -0.15) is 0 Å². The zero-order valence-corrected chi connectivity index (χ0v) is 14.5. The molecule has 2 fully saturated rings. The number of hydrogen-bond acceptors (Lipinski definition) is 3. The summed E-state index contributed by atoms with van der Waals surface area (Å²) < 4.78 is 5.60. The minimum atomic E-state index is 0.244. The average molecular weight is 295 g/mol. The zero-order chi connectivity index (χ0) is 15.6. The Balaban J connectivity index is 1.93. The molecule has 1 saturated heterocycles. The van der Waals surface area contributed by atoms with Gasteiger partial charge in [-0.15, -0.1) is 0 Å². The van der Waals surface area contributed by atoms with Crippen LogP contribution < -0.4 is 0 Å². The summed E-state index contributed by atoms with van der Waals surface area (Å²) in [6.07, 6.45) is 4.45. The summed E-state index contributed by atoms with van der Waals surface area (Å²) in [7, 11) is 1.81. The molecule has 122 valence electrons. The number of methoxy groups -OCH3 is 1. The molecule has 4 unspecified atom stereocenters. The standard InChI is InChI=1S/C18H33NO2/c1-13-8-9-19(12-17(13)21-5)11-14-10-15(18(2,3)4)6-7-16(14)20/h13-15,17H,6-12H2,1-5H3. The molecular formula is C18H33NO2. The van der Waals surface area contributed by atoms with Crippen LogP contribution in [0.4, 0.5) is 0 Å². The molecule has 0 N–H and O–H groups in total. The molecule has 1 heterocycles. The van der Waals surface area contributed by atoms with Crippen LogP contribution in [0.25, 0.3) is 0 Å². The fraction of sp³-hybridized carbons (Fsp3) is 0.944. The molecule has 2 aliphatic rings. The zero-order valence-electron chi connectivity index (χ0n) is 14.5. The number of ketones is 1. The van der Waals surface area contributed by atoms with E-state index in [0.29, 0.717) is 29.1 Å². The number of nitrogens with zero attached hydrogens (tertiary/aromatic N) is 1. The Morgan fingerprint density at radius 3 is 2.62 bits per heavy atom. The molecule has 0 aromatic heterocycles. The van der Waals surface area contributed by atoms with Gasteiger partial charge in [0.15, 0.2) is 0 Å². The highest BCUT2D eigenvalue weighted by Crippen LogP contribution is 2.39. The molecule has 21 heavy (non-hydrogen) atoms. The van der Waals surface area contributed by atoms with E-state index >= 15 is 0 Å². The van der Waals surface area contributed by atoms with Crippen LogP contribution in [0.2, 0.25) is 0 Å². The first-order valence-corrected chi connectivity index (χ1v) is 8.59. The lowest BCUT2D eigenvalue weighted by Gasteiger charge is -2.41. The minimum absolute atomic E-state index is 0.244. The van der Waals surface area contributed by atoms with E-state index in [1.165, 1.54) is 6.42 Å². The van der Waals surface area contributed by atoms with Gasteiger partial charge < -0.3 is 9.64 Å². The number of Topliss-reactive ketones (excluding diaryl/α,β-unsaturated/α-hetero) is 1. The Morgan fingerprint density at radius 2 is 2.00 bits per heavy atom. The number of piperidine rings is 1. The third kappa shape index (κ3) is 4.29. The topological polar surface area (TPSA) is 29.5 Å². The second-order valence-electron chi connectivity index (χ2n) is 8.30. The van der Waals surface area contributed by atoms with Gasteiger partial charge in [-0.05, 0) is 43.1 Å². The van der Waals surface area contributed by atoms with E-state index in [9.17, 15) is 4.79 Å². The average Bonchev–Trinajstić information content (AvgIpc) is 2.42. The van der Waals surface area contributed by atoms with E-state index in [1.807, 2.05) is 7.11 Å². The third-order valence-electron chi connectivity index (χ3n) is 5.74. The predicted molar refractivity (Wildman–Crippen MR) is 86.3 cm³/mol. The van der Waals surface area contributed by atoms with Crippen LogP contribution >= 0.6 is 0 Å². The van der Waals surface area contributed by atoms with Crippen molar-refractivity contribution in [1.82, 2.24) is 4.90 Å². The molecule has 3 heteroatoms. The maximum absolute atomic E-state index is 12.3. The second-order valence-corrected chi connectivity index (χ2v) is 8.30. The van der Waals surface area contributed by atoms with E-state index < -0.39 is 0 Å². The molecule has 0 aromatic carbocycles. The van der Waals surface area contributed by atoms with Gasteiger partial charge in [0.05, 0.1) is 6.10 Å². The van der Waals surface area contributed by atoms with Crippen molar-refractivity contribution in [3.05, 3.63) is 0 Å². The number of carbonyl (C=O) groups excluding carboxylic acids is 1. The van der Waals surface area contributed by atoms with Crippen LogP contribution in [-0.2, 0) is 9.53 Å². The van der Waals surface area contributed by atoms with Crippen molar-refractivity contribution in [2.75, 3.05) is 26.7 Å². The van der Waals surface area contributed by atoms with Crippen LogP contribution in [0.5, 0.6) is 0 Å². The molecule has 1 aliphatic heterocycles. The van der Waals surface area contributed by atoms with E-state index in [2.05, 4.69) is 32.6 Å². The number of hydrogen-bond donors (Lipinski definition) is 0. The van der Waals surface area contributed by atoms with Crippen LogP contribution in [-0.4, -0.2) is 43.5 Å². The Labute approximate surface area is 130 Å². The molecule has 0 amide bonds. The molecule has 1 aliphatic carbocycles. The summed E-state index contributed by atoms with van der Waals surface area (Å²) in [6.45, 7) is 12.3. The Bertz CT molecular complexity index is 361. The van der Waals surface area contributed by atoms with Gasteiger partial charge in [0.25, 0.3) is 0 Å². The third-order valence-corrected chi connectivity index (χ3v) is 5.74. The summed E-state index contributed by atoms with van der Waals surface area (Å²) in [6, 6.07) is 0. The van der Waals surface area contributed by atoms with Gasteiger partial charge in [0.2, 0.25) is 0 Å². The predicted octanol–water partition coefficient (Wildman–Crippen LogP) is 3.37. The quantitative estimate of drug-likeness (QED) is 0.799. The van der Waals surface area contributed by atoms with Crippen molar-refractivity contribution in [3.8, 4) is 0 Å². The minimum Gasteiger partial charge on any atom is -0.380 e. The Hall–Kier alpha value is -0.410. The Kier molecular flexibility index (Phi) is 5.48. The highest BCUT2D eigenvalue weighted by molar-refractivity contribution is 5.82. The van der Waals surface area contributed by atoms with E-state index in [1.54, 1.807) is 0 Å². The maximum Gasteiger partial charge on any atom is 0.137 e. The molecule has 0 bridgehead atoms. The van der Waals surface area contributed by atoms with E-state index in [-0.39, 0.29) is 5.92 Å². The van der Waals surface area contributed by atoms with Crippen LogP contribution in [0.3, 0.4) is 0 Å². The largest absolute Gasteiger partial charge is 0.380 e. The van der Waals surface area contributed by atoms with Crippen molar-refractivity contribution in [1.29, 1.82) is 0 Å². The van der Waals surface area contributed by atoms with Crippen molar-refractivity contribution >= 4 is 5.78 Å². The lowest BCUT2D eigenvalue weighted by Crippen LogP contribution is -2.47. The Morgan fingerprint density at radius 1 is 1.29 bits per heavy atom. The molecular weight excluding hydrogens is 262 g/mol. The molecule has 4 atom stereocenters. The molecule has 0 aromatic rings. The highest BCUT2D eigenvalue weighted by atomic mass is 16.5. The molecule has 0 spiro atoms. The van der Waals surface area contributed by atoms with Crippen LogP contribution in [0.1, 0.15) is 53.4 Å². The summed E-state index contributed by atoms with van der Waals surface area (Å²) in [5, 5.41) is 0. The lowest BCUT2D eigenvalue weighted by molar-refractivity contribution is -0.128. The fourth-order valence-electron chi connectivity index (χ4n) is 3.96. The maximum atomic E-state index is 12.3. The van der Waals surface area contributed by atoms with Gasteiger partial charge in [-0.1, -0.05) is 27.7 Å². The monoisotopic (exact) mass is 295 g/mol. The van der Waals surface area contributed by atoms with Gasteiger partial charge in [0, 0.05) is 32.5 Å². The highest BCUT2D eigenvalue weighted by Gasteiger charge is 2.36. The summed E-state index contributed by atoms with van der Waals surface area (Å²) in [4.78, 5) is 14.8.